The lowest BCUT2D eigenvalue weighted by atomic mass is 10.1. The zero-order valence-corrected chi connectivity index (χ0v) is 13.7. The first kappa shape index (κ1) is 18.4. The molecule has 0 amide bonds. The van der Waals surface area contributed by atoms with E-state index in [1.54, 1.807) is 13.8 Å². The van der Waals surface area contributed by atoms with Crippen molar-refractivity contribution in [3.63, 3.8) is 0 Å². The smallest absolute Gasteiger partial charge is 0.308 e. The van der Waals surface area contributed by atoms with Crippen molar-refractivity contribution in [3.05, 3.63) is 0 Å². The van der Waals surface area contributed by atoms with Gasteiger partial charge >= 0.3 is 17.9 Å². The summed E-state index contributed by atoms with van der Waals surface area (Å²) in [5, 5.41) is 0. The molecule has 0 N–H and O–H groups in total. The van der Waals surface area contributed by atoms with Gasteiger partial charge in [-0.25, -0.2) is 0 Å². The van der Waals surface area contributed by atoms with Crippen molar-refractivity contribution in [1.82, 2.24) is 0 Å². The number of ether oxygens (including phenoxy) is 4. The van der Waals surface area contributed by atoms with Crippen LogP contribution in [0.4, 0.5) is 0 Å². The number of rotatable bonds is 6. The number of esters is 3. The first-order valence-electron chi connectivity index (χ1n) is 7.45. The van der Waals surface area contributed by atoms with Gasteiger partial charge in [-0.1, -0.05) is 20.8 Å². The Morgan fingerprint density at radius 3 is 2.18 bits per heavy atom. The zero-order valence-electron chi connectivity index (χ0n) is 13.7. The summed E-state index contributed by atoms with van der Waals surface area (Å²) in [6, 6.07) is 0. The summed E-state index contributed by atoms with van der Waals surface area (Å²) in [5.74, 6) is -1.59. The van der Waals surface area contributed by atoms with E-state index in [2.05, 4.69) is 0 Å². The molecule has 126 valence electrons. The van der Waals surface area contributed by atoms with Crippen LogP contribution < -0.4 is 0 Å². The molecule has 4 atom stereocenters. The van der Waals surface area contributed by atoms with Gasteiger partial charge in [-0.15, -0.1) is 0 Å². The summed E-state index contributed by atoms with van der Waals surface area (Å²) < 4.78 is 21.2. The quantitative estimate of drug-likeness (QED) is 0.543. The fraction of sp³-hybridized carbons (Fsp3) is 0.800. The van der Waals surface area contributed by atoms with Gasteiger partial charge in [0.2, 0.25) is 6.29 Å². The van der Waals surface area contributed by atoms with E-state index in [9.17, 15) is 14.4 Å². The molecular formula is C15H24O7. The zero-order chi connectivity index (χ0) is 16.9. The van der Waals surface area contributed by atoms with Crippen LogP contribution in [0.5, 0.6) is 0 Å². The van der Waals surface area contributed by atoms with Crippen molar-refractivity contribution in [1.29, 1.82) is 0 Å². The van der Waals surface area contributed by atoms with Crippen LogP contribution >= 0.6 is 0 Å². The molecule has 1 aliphatic rings. The standard InChI is InChI=1S/C15H24O7/c1-6-11(21-14(18)8(2)3)12-7-13(19-9(4)16)15(22-12)20-10(5)17/h8,11-13,15H,6-7H2,1-5H3/t11-,12-,13+,15?/m0/s1. The minimum atomic E-state index is -0.974. The van der Waals surface area contributed by atoms with Crippen molar-refractivity contribution in [2.45, 2.75) is 72.1 Å². The molecule has 0 aromatic heterocycles. The molecule has 0 aromatic rings. The Morgan fingerprint density at radius 1 is 1.14 bits per heavy atom. The highest BCUT2D eigenvalue weighted by atomic mass is 16.7. The van der Waals surface area contributed by atoms with Crippen LogP contribution in [0.3, 0.4) is 0 Å². The lowest BCUT2D eigenvalue weighted by molar-refractivity contribution is -0.202. The third-order valence-electron chi connectivity index (χ3n) is 3.23. The van der Waals surface area contributed by atoms with Crippen molar-refractivity contribution in [2.24, 2.45) is 5.92 Å². The summed E-state index contributed by atoms with van der Waals surface area (Å²) in [7, 11) is 0. The molecule has 1 unspecified atom stereocenters. The van der Waals surface area contributed by atoms with E-state index in [0.29, 0.717) is 12.8 Å². The predicted molar refractivity (Wildman–Crippen MR) is 75.6 cm³/mol. The van der Waals surface area contributed by atoms with Gasteiger partial charge in [0.05, 0.1) is 5.92 Å². The molecule has 22 heavy (non-hydrogen) atoms. The van der Waals surface area contributed by atoms with Crippen molar-refractivity contribution in [2.75, 3.05) is 0 Å². The Hall–Kier alpha value is -1.63. The van der Waals surface area contributed by atoms with Gasteiger partial charge in [0.25, 0.3) is 0 Å². The van der Waals surface area contributed by atoms with Gasteiger partial charge in [-0.2, -0.15) is 0 Å². The Balaban J connectivity index is 2.75. The molecule has 1 heterocycles. The van der Waals surface area contributed by atoms with Crippen LogP contribution in [0.25, 0.3) is 0 Å². The maximum atomic E-state index is 11.7. The molecular weight excluding hydrogens is 292 g/mol. The third kappa shape index (κ3) is 5.29. The van der Waals surface area contributed by atoms with Gasteiger partial charge in [0.15, 0.2) is 6.10 Å². The number of carbonyl (C=O) groups is 3. The van der Waals surface area contributed by atoms with E-state index in [4.69, 9.17) is 18.9 Å². The monoisotopic (exact) mass is 316 g/mol. The number of carbonyl (C=O) groups excluding carboxylic acids is 3. The molecule has 0 aromatic carbocycles. The molecule has 1 fully saturated rings. The minimum absolute atomic E-state index is 0.246. The van der Waals surface area contributed by atoms with E-state index < -0.39 is 36.5 Å². The Labute approximate surface area is 130 Å². The van der Waals surface area contributed by atoms with Gasteiger partial charge in [-0.05, 0) is 6.42 Å². The largest absolute Gasteiger partial charge is 0.459 e. The van der Waals surface area contributed by atoms with Crippen molar-refractivity contribution >= 4 is 17.9 Å². The Bertz CT molecular complexity index is 394. The minimum Gasteiger partial charge on any atom is -0.459 e. The molecule has 0 aliphatic carbocycles. The molecule has 0 spiro atoms. The molecule has 1 rings (SSSR count). The number of hydrogen-bond acceptors (Lipinski definition) is 7. The Kier molecular flexibility index (Phi) is 6.80. The number of hydrogen-bond donors (Lipinski definition) is 0. The van der Waals surface area contributed by atoms with Crippen LogP contribution in [0.15, 0.2) is 0 Å². The van der Waals surface area contributed by atoms with E-state index in [1.807, 2.05) is 6.92 Å². The van der Waals surface area contributed by atoms with Crippen molar-refractivity contribution < 1.29 is 33.3 Å². The van der Waals surface area contributed by atoms with Crippen LogP contribution in [-0.4, -0.2) is 42.5 Å². The topological polar surface area (TPSA) is 88.1 Å². The lowest BCUT2D eigenvalue weighted by Crippen LogP contribution is -2.33. The summed E-state index contributed by atoms with van der Waals surface area (Å²) in [6.45, 7) is 7.87. The first-order chi connectivity index (χ1) is 10.2. The van der Waals surface area contributed by atoms with Gasteiger partial charge in [0.1, 0.15) is 12.2 Å². The SMILES string of the molecule is CC[C@H](OC(=O)C(C)C)[C@@H]1C[C@@H](OC(C)=O)C(OC(C)=O)O1. The second-order valence-electron chi connectivity index (χ2n) is 5.57. The second-order valence-corrected chi connectivity index (χ2v) is 5.57. The van der Waals surface area contributed by atoms with Gasteiger partial charge in [0, 0.05) is 20.3 Å². The predicted octanol–water partition coefficient (Wildman–Crippen LogP) is 1.57. The highest BCUT2D eigenvalue weighted by molar-refractivity contribution is 5.71. The molecule has 0 radical (unpaired) electrons. The fourth-order valence-electron chi connectivity index (χ4n) is 2.19. The molecule has 7 nitrogen and oxygen atoms in total. The van der Waals surface area contributed by atoms with E-state index in [-0.39, 0.29) is 11.9 Å². The average Bonchev–Trinajstić information content (AvgIpc) is 2.76. The van der Waals surface area contributed by atoms with Crippen LogP contribution in [0.2, 0.25) is 0 Å². The molecule has 1 saturated heterocycles. The van der Waals surface area contributed by atoms with Crippen LogP contribution in [0, 0.1) is 5.92 Å². The summed E-state index contributed by atoms with van der Waals surface area (Å²) in [5.41, 5.74) is 0. The average molecular weight is 316 g/mol. The summed E-state index contributed by atoms with van der Waals surface area (Å²) in [4.78, 5) is 34.0. The van der Waals surface area contributed by atoms with Gasteiger partial charge < -0.3 is 18.9 Å². The second kappa shape index (κ2) is 8.12. The van der Waals surface area contributed by atoms with Crippen LogP contribution in [0.1, 0.15) is 47.5 Å². The first-order valence-corrected chi connectivity index (χ1v) is 7.45. The van der Waals surface area contributed by atoms with Crippen LogP contribution in [-0.2, 0) is 33.3 Å². The normalized spacial score (nSPS) is 25.6. The molecule has 7 heteroatoms. The van der Waals surface area contributed by atoms with E-state index in [0.717, 1.165) is 0 Å². The highest BCUT2D eigenvalue weighted by Gasteiger charge is 2.44. The highest BCUT2D eigenvalue weighted by Crippen LogP contribution is 2.29. The van der Waals surface area contributed by atoms with E-state index in [1.165, 1.54) is 13.8 Å². The van der Waals surface area contributed by atoms with Crippen molar-refractivity contribution in [3.8, 4) is 0 Å². The molecule has 0 saturated carbocycles. The summed E-state index contributed by atoms with van der Waals surface area (Å²) in [6.07, 6.45) is -1.78. The molecule has 0 bridgehead atoms. The van der Waals surface area contributed by atoms with E-state index >= 15 is 0 Å². The summed E-state index contributed by atoms with van der Waals surface area (Å²) >= 11 is 0. The fourth-order valence-corrected chi connectivity index (χ4v) is 2.19. The van der Waals surface area contributed by atoms with Gasteiger partial charge in [-0.3, -0.25) is 14.4 Å². The maximum absolute atomic E-state index is 11.7. The third-order valence-corrected chi connectivity index (χ3v) is 3.23. The Morgan fingerprint density at radius 2 is 1.73 bits per heavy atom. The lowest BCUT2D eigenvalue weighted by Gasteiger charge is -2.23. The molecule has 1 aliphatic heterocycles. The maximum Gasteiger partial charge on any atom is 0.308 e.